The summed E-state index contributed by atoms with van der Waals surface area (Å²) >= 11 is 0. The van der Waals surface area contributed by atoms with Gasteiger partial charge in [0.25, 0.3) is 0 Å². The number of unbranched alkanes of at least 4 members (excludes halogenated alkanes) is 8. The van der Waals surface area contributed by atoms with Gasteiger partial charge in [0.15, 0.2) is 6.29 Å². The third-order valence-electron chi connectivity index (χ3n) is 10.2. The van der Waals surface area contributed by atoms with Gasteiger partial charge in [-0.2, -0.15) is 52.7 Å². The maximum Gasteiger partial charge on any atom is 0.420 e. The zero-order chi connectivity index (χ0) is 47.4. The van der Waals surface area contributed by atoms with Gasteiger partial charge in [0.1, 0.15) is 17.3 Å². The van der Waals surface area contributed by atoms with E-state index < -0.39 is 54.5 Å². The van der Waals surface area contributed by atoms with Crippen LogP contribution in [-0.2, 0) is 23.8 Å². The molecule has 1 N–H and O–H groups in total. The van der Waals surface area contributed by atoms with Gasteiger partial charge in [-0.05, 0) is 122 Å². The number of aliphatic hydroxyl groups is 1. The number of carbonyl (C=O) groups excluding carboxylic acids is 2. The van der Waals surface area contributed by atoms with Crippen molar-refractivity contribution in [1.82, 2.24) is 4.90 Å². The first-order valence-corrected chi connectivity index (χ1v) is 21.7. The quantitative estimate of drug-likeness (QED) is 0.0226. The zero-order valence-electron chi connectivity index (χ0n) is 36.6. The summed E-state index contributed by atoms with van der Waals surface area (Å²) < 4.78 is 168. The molecule has 0 fully saturated rings. The number of esters is 2. The van der Waals surface area contributed by atoms with E-state index in [9.17, 15) is 67.4 Å². The second-order valence-electron chi connectivity index (χ2n) is 16.4. The largest absolute Gasteiger partial charge is 0.466 e. The number of ether oxygens (including phenoxy) is 3. The van der Waals surface area contributed by atoms with E-state index in [0.717, 1.165) is 57.9 Å². The Bertz CT molecular complexity index is 1230. The topological polar surface area (TPSA) is 85.3 Å². The number of rotatable bonds is 34. The van der Waals surface area contributed by atoms with Gasteiger partial charge in [-0.15, -0.1) is 0 Å². The van der Waals surface area contributed by atoms with Crippen LogP contribution in [-0.4, -0.2) is 92.9 Å². The zero-order valence-corrected chi connectivity index (χ0v) is 36.6. The molecule has 0 radical (unpaired) electrons. The van der Waals surface area contributed by atoms with E-state index in [4.69, 9.17) is 14.2 Å². The summed E-state index contributed by atoms with van der Waals surface area (Å²) in [5.41, 5.74) is -5.02. The van der Waals surface area contributed by atoms with Gasteiger partial charge >= 0.3 is 36.6 Å². The van der Waals surface area contributed by atoms with Crippen LogP contribution in [0.1, 0.15) is 155 Å². The maximum atomic E-state index is 12.6. The van der Waals surface area contributed by atoms with E-state index in [1.807, 2.05) is 19.0 Å². The Hall–Kier alpha value is -2.54. The fraction of sp³-hybridized carbons (Fsp3) is 0.860. The minimum atomic E-state index is -5.48. The smallest absolute Gasteiger partial charge is 0.420 e. The third kappa shape index (κ3) is 32.2. The lowest BCUT2D eigenvalue weighted by atomic mass is 10.0. The summed E-state index contributed by atoms with van der Waals surface area (Å²) in [5.74, 6) is -1.12. The van der Waals surface area contributed by atoms with Crippen LogP contribution in [0.3, 0.4) is 0 Å². The minimum Gasteiger partial charge on any atom is -0.466 e. The fourth-order valence-electron chi connectivity index (χ4n) is 6.47. The van der Waals surface area contributed by atoms with Crippen LogP contribution in [0.4, 0.5) is 52.7 Å². The molecule has 0 aromatic rings. The Labute approximate surface area is 359 Å². The molecule has 19 heteroatoms. The van der Waals surface area contributed by atoms with Crippen molar-refractivity contribution in [2.75, 3.05) is 33.9 Å². The monoisotopic (exact) mass is 923 g/mol. The van der Waals surface area contributed by atoms with Crippen molar-refractivity contribution in [3.05, 3.63) is 23.3 Å². The average Bonchev–Trinajstić information content (AvgIpc) is 3.11. The normalized spacial score (nSPS) is 14.6. The van der Waals surface area contributed by atoms with E-state index >= 15 is 0 Å². The van der Waals surface area contributed by atoms with E-state index in [2.05, 4.69) is 0 Å². The molecule has 366 valence electrons. The van der Waals surface area contributed by atoms with Crippen molar-refractivity contribution in [3.63, 3.8) is 0 Å². The summed E-state index contributed by atoms with van der Waals surface area (Å²) in [6.45, 7) is 4.26. The molecule has 7 nitrogen and oxygen atoms in total. The summed E-state index contributed by atoms with van der Waals surface area (Å²) in [7, 11) is 3.84. The van der Waals surface area contributed by atoms with Crippen LogP contribution in [0.25, 0.3) is 0 Å². The minimum absolute atomic E-state index is 0.0246. The number of halogens is 12. The van der Waals surface area contributed by atoms with Gasteiger partial charge in [0.05, 0.1) is 6.61 Å². The maximum absolute atomic E-state index is 12.6. The lowest BCUT2D eigenvalue weighted by Gasteiger charge is -2.19. The van der Waals surface area contributed by atoms with Crippen LogP contribution in [0.15, 0.2) is 23.3 Å². The number of carbonyl (C=O) groups is 2. The molecule has 62 heavy (non-hydrogen) atoms. The molecule has 0 heterocycles. The van der Waals surface area contributed by atoms with E-state index in [-0.39, 0.29) is 75.0 Å². The van der Waals surface area contributed by atoms with Gasteiger partial charge in [-0.3, -0.25) is 9.59 Å². The Morgan fingerprint density at radius 1 is 0.532 bits per heavy atom. The molecular weight excluding hydrogens is 854 g/mol. The van der Waals surface area contributed by atoms with Gasteiger partial charge in [0.2, 0.25) is 0 Å². The molecule has 0 bridgehead atoms. The second kappa shape index (κ2) is 31.4. The molecule has 0 saturated heterocycles. The first kappa shape index (κ1) is 59.5. The summed E-state index contributed by atoms with van der Waals surface area (Å²) in [6, 6.07) is 0. The second-order valence-corrected chi connectivity index (χ2v) is 16.4. The predicted molar refractivity (Wildman–Crippen MR) is 212 cm³/mol. The molecule has 0 aliphatic carbocycles. The summed E-state index contributed by atoms with van der Waals surface area (Å²) in [4.78, 5) is 26.6. The lowest BCUT2D eigenvalue weighted by Crippen LogP contribution is -2.26. The highest BCUT2D eigenvalue weighted by molar-refractivity contribution is 5.69. The standard InChI is InChI=1S/C43H69F12NO6/c1-32(18-15-22-35(40(44,45)46)41(47,48)49)27-30-60-37(57)24-13-9-5-7-11-20-34(62-39(59)26-17-29-56(3)4)21-12-8-6-10-14-25-38(58)61-31-28-33(2)19-16-23-36(42(50,51)52)43(53,54)55/h22-23,32-34,37,57H,5-21,24-31H2,1-4H3. The molecule has 0 spiro atoms. The van der Waals surface area contributed by atoms with Gasteiger partial charge in [-0.25, -0.2) is 0 Å². The Morgan fingerprint density at radius 2 is 0.935 bits per heavy atom. The first-order valence-electron chi connectivity index (χ1n) is 21.7. The fourth-order valence-corrected chi connectivity index (χ4v) is 6.47. The first-order chi connectivity index (χ1) is 28.7. The van der Waals surface area contributed by atoms with Crippen molar-refractivity contribution in [1.29, 1.82) is 0 Å². The van der Waals surface area contributed by atoms with Crippen LogP contribution in [0, 0.1) is 11.8 Å². The summed E-state index contributed by atoms with van der Waals surface area (Å²) in [5, 5.41) is 10.1. The Balaban J connectivity index is 4.40. The average molecular weight is 924 g/mol. The van der Waals surface area contributed by atoms with Crippen molar-refractivity contribution in [2.45, 2.75) is 192 Å². The molecule has 0 saturated carbocycles. The van der Waals surface area contributed by atoms with Crippen LogP contribution >= 0.6 is 0 Å². The molecule has 0 rings (SSSR count). The highest BCUT2D eigenvalue weighted by Crippen LogP contribution is 2.40. The number of nitrogens with zero attached hydrogens (tertiary/aromatic N) is 1. The molecule has 4 atom stereocenters. The highest BCUT2D eigenvalue weighted by Gasteiger charge is 2.51. The van der Waals surface area contributed by atoms with Crippen molar-refractivity contribution in [2.24, 2.45) is 11.8 Å². The number of hydrogen-bond donors (Lipinski definition) is 1. The SMILES string of the molecule is CC(CCC=C(C(F)(F)F)C(F)(F)F)CCOC(=O)CCCCCCCC(CCCCCCCC(O)OCCC(C)CCC=C(C(F)(F)F)C(F)(F)F)OC(=O)CCCN(C)C. The molecule has 0 amide bonds. The molecule has 0 aliphatic heterocycles. The van der Waals surface area contributed by atoms with E-state index in [1.54, 1.807) is 13.8 Å². The number of hydrogen-bond acceptors (Lipinski definition) is 7. The Kier molecular flexibility index (Phi) is 30.1. The highest BCUT2D eigenvalue weighted by atomic mass is 19.4. The van der Waals surface area contributed by atoms with E-state index in [0.29, 0.717) is 57.8 Å². The third-order valence-corrected chi connectivity index (χ3v) is 10.2. The number of allylic oxidation sites excluding steroid dienone is 4. The van der Waals surface area contributed by atoms with Gasteiger partial charge in [-0.1, -0.05) is 64.5 Å². The molecule has 0 aliphatic rings. The molecule has 4 unspecified atom stereocenters. The predicted octanol–water partition coefficient (Wildman–Crippen LogP) is 13.3. The number of alkyl halides is 12. The Morgan fingerprint density at radius 3 is 1.39 bits per heavy atom. The molecule has 0 aromatic heterocycles. The number of aliphatic hydroxyl groups excluding tert-OH is 1. The van der Waals surface area contributed by atoms with Crippen LogP contribution < -0.4 is 0 Å². The molecule has 0 aromatic carbocycles. The van der Waals surface area contributed by atoms with Crippen LogP contribution in [0.2, 0.25) is 0 Å². The molecular formula is C43H69F12NO6. The van der Waals surface area contributed by atoms with Crippen molar-refractivity contribution in [3.8, 4) is 0 Å². The van der Waals surface area contributed by atoms with Crippen molar-refractivity contribution >= 4 is 11.9 Å². The van der Waals surface area contributed by atoms with E-state index in [1.165, 1.54) is 0 Å². The van der Waals surface area contributed by atoms with Crippen molar-refractivity contribution < 1.29 is 81.6 Å². The summed E-state index contributed by atoms with van der Waals surface area (Å²) in [6.07, 6.45) is -11.8. The van der Waals surface area contributed by atoms with Crippen LogP contribution in [0.5, 0.6) is 0 Å². The lowest BCUT2D eigenvalue weighted by molar-refractivity contribution is -0.173. The van der Waals surface area contributed by atoms with Gasteiger partial charge < -0.3 is 24.2 Å². The van der Waals surface area contributed by atoms with Gasteiger partial charge in [0, 0.05) is 19.4 Å².